The number of hydrogen-bond acceptors (Lipinski definition) is 2. The van der Waals surface area contributed by atoms with Crippen LogP contribution >= 0.6 is 0 Å². The zero-order valence-electron chi connectivity index (χ0n) is 13.1. The standard InChI is InChI=1S/C15H32N2O/c1-7-8-9-10-13(4)16-14(11-12(2)3)15(18)17(5)6/h12-14,16H,7-11H2,1-6H3. The average molecular weight is 256 g/mol. The van der Waals surface area contributed by atoms with E-state index in [1.807, 2.05) is 14.1 Å². The van der Waals surface area contributed by atoms with E-state index in [0.29, 0.717) is 12.0 Å². The minimum Gasteiger partial charge on any atom is -0.347 e. The van der Waals surface area contributed by atoms with Crippen LogP contribution in [0.4, 0.5) is 0 Å². The zero-order chi connectivity index (χ0) is 14.1. The second-order valence-electron chi connectivity index (χ2n) is 5.98. The topological polar surface area (TPSA) is 32.3 Å². The number of unbranched alkanes of at least 4 members (excludes halogenated alkanes) is 2. The molecule has 18 heavy (non-hydrogen) atoms. The van der Waals surface area contributed by atoms with Crippen molar-refractivity contribution in [3.05, 3.63) is 0 Å². The number of hydrogen-bond donors (Lipinski definition) is 1. The van der Waals surface area contributed by atoms with Gasteiger partial charge in [0, 0.05) is 20.1 Å². The van der Waals surface area contributed by atoms with E-state index in [-0.39, 0.29) is 11.9 Å². The van der Waals surface area contributed by atoms with Crippen molar-refractivity contribution in [3.63, 3.8) is 0 Å². The molecule has 0 aliphatic carbocycles. The van der Waals surface area contributed by atoms with Gasteiger partial charge in [0.05, 0.1) is 6.04 Å². The van der Waals surface area contributed by atoms with E-state index in [9.17, 15) is 4.79 Å². The molecule has 1 N–H and O–H groups in total. The molecule has 0 spiro atoms. The van der Waals surface area contributed by atoms with Crippen LogP contribution in [0.1, 0.15) is 59.8 Å². The molecule has 0 aromatic heterocycles. The van der Waals surface area contributed by atoms with Crippen molar-refractivity contribution in [2.75, 3.05) is 14.1 Å². The minimum absolute atomic E-state index is 0.0309. The third-order valence-electron chi connectivity index (χ3n) is 3.17. The molecule has 0 saturated heterocycles. The highest BCUT2D eigenvalue weighted by Crippen LogP contribution is 2.10. The molecule has 0 heterocycles. The van der Waals surface area contributed by atoms with Crippen LogP contribution in [-0.2, 0) is 4.79 Å². The zero-order valence-corrected chi connectivity index (χ0v) is 13.1. The number of amides is 1. The van der Waals surface area contributed by atoms with Crippen LogP contribution in [0.3, 0.4) is 0 Å². The number of nitrogens with one attached hydrogen (secondary N) is 1. The van der Waals surface area contributed by atoms with Crippen molar-refractivity contribution in [1.29, 1.82) is 0 Å². The maximum absolute atomic E-state index is 12.1. The van der Waals surface area contributed by atoms with Crippen LogP contribution in [0.5, 0.6) is 0 Å². The lowest BCUT2D eigenvalue weighted by Crippen LogP contribution is -2.47. The van der Waals surface area contributed by atoms with E-state index >= 15 is 0 Å². The summed E-state index contributed by atoms with van der Waals surface area (Å²) in [5.74, 6) is 0.736. The first-order chi connectivity index (χ1) is 8.38. The quantitative estimate of drug-likeness (QED) is 0.643. The lowest BCUT2D eigenvalue weighted by atomic mass is 10.0. The van der Waals surface area contributed by atoms with Crippen molar-refractivity contribution in [2.45, 2.75) is 71.9 Å². The Hall–Kier alpha value is -0.570. The second-order valence-corrected chi connectivity index (χ2v) is 5.98. The van der Waals surface area contributed by atoms with E-state index in [1.54, 1.807) is 4.90 Å². The Morgan fingerprint density at radius 1 is 1.17 bits per heavy atom. The normalized spacial score (nSPS) is 14.6. The largest absolute Gasteiger partial charge is 0.347 e. The van der Waals surface area contributed by atoms with Crippen LogP contribution in [-0.4, -0.2) is 37.0 Å². The van der Waals surface area contributed by atoms with Crippen LogP contribution in [0, 0.1) is 5.92 Å². The second kappa shape index (κ2) is 9.37. The highest BCUT2D eigenvalue weighted by molar-refractivity contribution is 5.81. The van der Waals surface area contributed by atoms with Gasteiger partial charge in [-0.1, -0.05) is 40.0 Å². The summed E-state index contributed by atoms with van der Waals surface area (Å²) in [6.45, 7) is 8.74. The molecule has 3 nitrogen and oxygen atoms in total. The molecule has 3 heteroatoms. The fraction of sp³-hybridized carbons (Fsp3) is 0.933. The molecule has 0 rings (SSSR count). The molecule has 1 amide bonds. The predicted octanol–water partition coefficient (Wildman–Crippen LogP) is 3.05. The lowest BCUT2D eigenvalue weighted by molar-refractivity contribution is -0.131. The van der Waals surface area contributed by atoms with Gasteiger partial charge in [0.1, 0.15) is 0 Å². The number of carbonyl (C=O) groups excluding carboxylic acids is 1. The van der Waals surface area contributed by atoms with Gasteiger partial charge in [-0.3, -0.25) is 4.79 Å². The van der Waals surface area contributed by atoms with Crippen molar-refractivity contribution in [1.82, 2.24) is 10.2 Å². The Bertz CT molecular complexity index is 227. The summed E-state index contributed by atoms with van der Waals surface area (Å²) in [4.78, 5) is 13.8. The third kappa shape index (κ3) is 7.70. The molecule has 0 aliphatic rings. The van der Waals surface area contributed by atoms with E-state index in [2.05, 4.69) is 33.0 Å². The van der Waals surface area contributed by atoms with Crippen LogP contribution in [0.15, 0.2) is 0 Å². The molecule has 0 aromatic carbocycles. The molecule has 0 saturated carbocycles. The maximum atomic E-state index is 12.1. The molecular formula is C15H32N2O. The van der Waals surface area contributed by atoms with Crippen LogP contribution in [0.25, 0.3) is 0 Å². The van der Waals surface area contributed by atoms with Gasteiger partial charge in [0.25, 0.3) is 0 Å². The summed E-state index contributed by atoms with van der Waals surface area (Å²) in [6.07, 6.45) is 5.84. The number of likely N-dealkylation sites (N-methyl/N-ethyl adjacent to an activating group) is 1. The third-order valence-corrected chi connectivity index (χ3v) is 3.17. The van der Waals surface area contributed by atoms with Crippen molar-refractivity contribution < 1.29 is 4.79 Å². The summed E-state index contributed by atoms with van der Waals surface area (Å²) in [6, 6.07) is 0.390. The van der Waals surface area contributed by atoms with E-state index < -0.39 is 0 Å². The SMILES string of the molecule is CCCCCC(C)NC(CC(C)C)C(=O)N(C)C. The Labute approximate surface area is 113 Å². The van der Waals surface area contributed by atoms with Crippen molar-refractivity contribution >= 4 is 5.91 Å². The smallest absolute Gasteiger partial charge is 0.239 e. The van der Waals surface area contributed by atoms with E-state index in [4.69, 9.17) is 0 Å². The summed E-state index contributed by atoms with van der Waals surface area (Å²) in [5.41, 5.74) is 0. The van der Waals surface area contributed by atoms with Gasteiger partial charge < -0.3 is 10.2 Å². The van der Waals surface area contributed by atoms with Gasteiger partial charge in [-0.2, -0.15) is 0 Å². The van der Waals surface area contributed by atoms with Crippen molar-refractivity contribution in [3.8, 4) is 0 Å². The number of rotatable bonds is 9. The Kier molecular flexibility index (Phi) is 9.08. The highest BCUT2D eigenvalue weighted by Gasteiger charge is 2.22. The maximum Gasteiger partial charge on any atom is 0.239 e. The fourth-order valence-corrected chi connectivity index (χ4v) is 2.15. The van der Waals surface area contributed by atoms with Crippen LogP contribution < -0.4 is 5.32 Å². The number of nitrogens with zero attached hydrogens (tertiary/aromatic N) is 1. The van der Waals surface area contributed by atoms with Gasteiger partial charge in [-0.15, -0.1) is 0 Å². The molecule has 0 aliphatic heterocycles. The van der Waals surface area contributed by atoms with E-state index in [1.165, 1.54) is 19.3 Å². The monoisotopic (exact) mass is 256 g/mol. The van der Waals surface area contributed by atoms with E-state index in [0.717, 1.165) is 12.8 Å². The number of carbonyl (C=O) groups is 1. The molecule has 2 unspecified atom stereocenters. The average Bonchev–Trinajstić information content (AvgIpc) is 2.26. The summed E-state index contributed by atoms with van der Waals surface area (Å²) in [7, 11) is 3.66. The first kappa shape index (κ1) is 17.4. The van der Waals surface area contributed by atoms with Gasteiger partial charge in [0.2, 0.25) is 5.91 Å². The molecule has 108 valence electrons. The highest BCUT2D eigenvalue weighted by atomic mass is 16.2. The Balaban J connectivity index is 4.26. The first-order valence-electron chi connectivity index (χ1n) is 7.35. The Morgan fingerprint density at radius 3 is 2.22 bits per heavy atom. The molecule has 0 radical (unpaired) electrons. The predicted molar refractivity (Wildman–Crippen MR) is 78.7 cm³/mol. The van der Waals surface area contributed by atoms with Gasteiger partial charge in [-0.25, -0.2) is 0 Å². The van der Waals surface area contributed by atoms with Crippen molar-refractivity contribution in [2.24, 2.45) is 5.92 Å². The fourth-order valence-electron chi connectivity index (χ4n) is 2.15. The van der Waals surface area contributed by atoms with Gasteiger partial charge in [-0.05, 0) is 25.7 Å². The molecular weight excluding hydrogens is 224 g/mol. The Morgan fingerprint density at radius 2 is 1.78 bits per heavy atom. The van der Waals surface area contributed by atoms with Crippen LogP contribution in [0.2, 0.25) is 0 Å². The summed E-state index contributed by atoms with van der Waals surface area (Å²) >= 11 is 0. The summed E-state index contributed by atoms with van der Waals surface area (Å²) in [5, 5.41) is 3.50. The lowest BCUT2D eigenvalue weighted by Gasteiger charge is -2.26. The van der Waals surface area contributed by atoms with Gasteiger partial charge >= 0.3 is 0 Å². The molecule has 0 fully saturated rings. The molecule has 2 atom stereocenters. The molecule has 0 bridgehead atoms. The minimum atomic E-state index is -0.0309. The summed E-state index contributed by atoms with van der Waals surface area (Å²) < 4.78 is 0. The first-order valence-corrected chi connectivity index (χ1v) is 7.35. The van der Waals surface area contributed by atoms with Gasteiger partial charge in [0.15, 0.2) is 0 Å². The molecule has 0 aromatic rings.